The molecule has 0 heterocycles. The van der Waals surface area contributed by atoms with Crippen molar-refractivity contribution in [1.82, 2.24) is 0 Å². The van der Waals surface area contributed by atoms with E-state index in [0.29, 0.717) is 5.75 Å². The van der Waals surface area contributed by atoms with Gasteiger partial charge in [-0.15, -0.1) is 0 Å². The molecular weight excluding hydrogens is 267 g/mol. The van der Waals surface area contributed by atoms with Gasteiger partial charge in [-0.2, -0.15) is 0 Å². The summed E-state index contributed by atoms with van der Waals surface area (Å²) in [5.41, 5.74) is 0.175. The minimum absolute atomic E-state index is 0.0511. The summed E-state index contributed by atoms with van der Waals surface area (Å²) >= 11 is 0. The Bertz CT molecular complexity index is 495. The van der Waals surface area contributed by atoms with Crippen molar-refractivity contribution in [2.75, 3.05) is 12.9 Å². The first kappa shape index (κ1) is 14.2. The molecule has 0 amide bonds. The first-order chi connectivity index (χ1) is 9.11. The van der Waals surface area contributed by atoms with Gasteiger partial charge >= 0.3 is 0 Å². The third-order valence-electron chi connectivity index (χ3n) is 3.41. The Morgan fingerprint density at radius 3 is 2.74 bits per heavy atom. The third-order valence-corrected chi connectivity index (χ3v) is 5.17. The van der Waals surface area contributed by atoms with Crippen LogP contribution in [0, 0.1) is 5.82 Å². The van der Waals surface area contributed by atoms with Gasteiger partial charge in [0.25, 0.3) is 0 Å². The fourth-order valence-corrected chi connectivity index (χ4v) is 3.88. The first-order valence-corrected chi connectivity index (χ1v) is 7.74. The van der Waals surface area contributed by atoms with Crippen LogP contribution < -0.4 is 4.74 Å². The maximum Gasteiger partial charge on any atom is 0.179 e. The zero-order valence-electron chi connectivity index (χ0n) is 10.9. The van der Waals surface area contributed by atoms with E-state index < -0.39 is 16.6 Å². The maximum absolute atomic E-state index is 13.2. The summed E-state index contributed by atoms with van der Waals surface area (Å²) < 4.78 is 30.3. The molecule has 1 atom stereocenters. The van der Waals surface area contributed by atoms with Crippen molar-refractivity contribution in [3.8, 4) is 5.75 Å². The number of carbonyl (C=O) groups is 1. The standard InChI is InChI=1S/C14H17FO3S/c1-18-14-7-6-10(15)8-12(14)13(16)9-19(17)11-4-2-3-5-11/h6-8,11H,2-5,9H2,1H3. The average molecular weight is 284 g/mol. The highest BCUT2D eigenvalue weighted by molar-refractivity contribution is 7.86. The van der Waals surface area contributed by atoms with Crippen LogP contribution in [0.25, 0.3) is 0 Å². The number of halogens is 1. The second-order valence-corrected chi connectivity index (χ2v) is 6.42. The largest absolute Gasteiger partial charge is 0.496 e. The molecule has 3 nitrogen and oxygen atoms in total. The topological polar surface area (TPSA) is 43.4 Å². The fourth-order valence-electron chi connectivity index (χ4n) is 2.37. The van der Waals surface area contributed by atoms with E-state index in [0.717, 1.165) is 31.7 Å². The number of hydrogen-bond acceptors (Lipinski definition) is 3. The molecule has 104 valence electrons. The number of rotatable bonds is 5. The van der Waals surface area contributed by atoms with Gasteiger partial charge in [0.2, 0.25) is 0 Å². The number of hydrogen-bond donors (Lipinski definition) is 0. The Labute approximate surface area is 114 Å². The normalized spacial score (nSPS) is 17.4. The van der Waals surface area contributed by atoms with Crippen LogP contribution in [-0.4, -0.2) is 28.1 Å². The lowest BCUT2D eigenvalue weighted by Crippen LogP contribution is -2.20. The molecule has 0 aliphatic heterocycles. The molecule has 1 aromatic carbocycles. The van der Waals surface area contributed by atoms with E-state index in [-0.39, 0.29) is 22.3 Å². The highest BCUT2D eigenvalue weighted by atomic mass is 32.2. The molecule has 0 saturated heterocycles. The summed E-state index contributed by atoms with van der Waals surface area (Å²) in [4.78, 5) is 12.1. The third kappa shape index (κ3) is 3.41. The minimum atomic E-state index is -1.17. The Morgan fingerprint density at radius 2 is 2.11 bits per heavy atom. The maximum atomic E-state index is 13.2. The van der Waals surface area contributed by atoms with Crippen LogP contribution >= 0.6 is 0 Å². The van der Waals surface area contributed by atoms with E-state index in [2.05, 4.69) is 0 Å². The van der Waals surface area contributed by atoms with E-state index in [9.17, 15) is 13.4 Å². The summed E-state index contributed by atoms with van der Waals surface area (Å²) in [7, 11) is 0.258. The van der Waals surface area contributed by atoms with Crippen LogP contribution in [0.5, 0.6) is 5.75 Å². The Hall–Kier alpha value is -1.23. The Morgan fingerprint density at radius 1 is 1.42 bits per heavy atom. The van der Waals surface area contributed by atoms with Crippen molar-refractivity contribution in [2.45, 2.75) is 30.9 Å². The van der Waals surface area contributed by atoms with Crippen molar-refractivity contribution >= 4 is 16.6 Å². The number of carbonyl (C=O) groups excluding carboxylic acids is 1. The molecule has 0 spiro atoms. The van der Waals surface area contributed by atoms with Crippen molar-refractivity contribution in [2.24, 2.45) is 0 Å². The monoisotopic (exact) mass is 284 g/mol. The molecule has 1 aliphatic rings. The van der Waals surface area contributed by atoms with Crippen LogP contribution in [0.15, 0.2) is 18.2 Å². The quantitative estimate of drug-likeness (QED) is 0.781. The predicted molar refractivity (Wildman–Crippen MR) is 72.5 cm³/mol. The van der Waals surface area contributed by atoms with Crippen LogP contribution in [0.4, 0.5) is 4.39 Å². The zero-order valence-corrected chi connectivity index (χ0v) is 11.7. The van der Waals surface area contributed by atoms with Crippen molar-refractivity contribution < 1.29 is 18.1 Å². The van der Waals surface area contributed by atoms with Gasteiger partial charge in [0.15, 0.2) is 5.78 Å². The molecule has 1 unspecified atom stereocenters. The Kier molecular flexibility index (Phi) is 4.69. The molecule has 0 N–H and O–H groups in total. The molecule has 5 heteroatoms. The fraction of sp³-hybridized carbons (Fsp3) is 0.500. The number of ketones is 1. The molecule has 0 aromatic heterocycles. The van der Waals surface area contributed by atoms with E-state index in [1.165, 1.54) is 19.2 Å². The second-order valence-electron chi connectivity index (χ2n) is 4.70. The molecular formula is C14H17FO3S. The summed E-state index contributed by atoms with van der Waals surface area (Å²) in [6.07, 6.45) is 3.99. The second kappa shape index (κ2) is 6.28. The molecule has 1 aliphatic carbocycles. The van der Waals surface area contributed by atoms with Gasteiger partial charge in [-0.25, -0.2) is 4.39 Å². The van der Waals surface area contributed by atoms with E-state index >= 15 is 0 Å². The van der Waals surface area contributed by atoms with Crippen LogP contribution in [0.1, 0.15) is 36.0 Å². The van der Waals surface area contributed by atoms with Crippen LogP contribution in [-0.2, 0) is 10.8 Å². The summed E-state index contributed by atoms with van der Waals surface area (Å²) in [5.74, 6) is -0.531. The predicted octanol–water partition coefficient (Wildman–Crippen LogP) is 2.71. The molecule has 19 heavy (non-hydrogen) atoms. The zero-order chi connectivity index (χ0) is 13.8. The Balaban J connectivity index is 2.10. The lowest BCUT2D eigenvalue weighted by Gasteiger charge is -2.10. The van der Waals surface area contributed by atoms with Crippen molar-refractivity contribution in [3.63, 3.8) is 0 Å². The van der Waals surface area contributed by atoms with E-state index in [1.54, 1.807) is 0 Å². The molecule has 1 saturated carbocycles. The molecule has 2 rings (SSSR count). The molecule has 0 radical (unpaired) electrons. The van der Waals surface area contributed by atoms with Gasteiger partial charge in [-0.05, 0) is 31.0 Å². The molecule has 0 bridgehead atoms. The number of methoxy groups -OCH3 is 1. The van der Waals surface area contributed by atoms with Crippen LogP contribution in [0.2, 0.25) is 0 Å². The van der Waals surface area contributed by atoms with Gasteiger partial charge in [0.05, 0.1) is 18.4 Å². The van der Waals surface area contributed by atoms with Gasteiger partial charge in [-0.3, -0.25) is 9.00 Å². The van der Waals surface area contributed by atoms with Crippen molar-refractivity contribution in [1.29, 1.82) is 0 Å². The van der Waals surface area contributed by atoms with Gasteiger partial charge in [0.1, 0.15) is 11.6 Å². The van der Waals surface area contributed by atoms with Crippen molar-refractivity contribution in [3.05, 3.63) is 29.6 Å². The number of benzene rings is 1. The van der Waals surface area contributed by atoms with Gasteiger partial charge in [0, 0.05) is 16.0 Å². The minimum Gasteiger partial charge on any atom is -0.496 e. The highest BCUT2D eigenvalue weighted by Gasteiger charge is 2.24. The average Bonchev–Trinajstić information content (AvgIpc) is 2.92. The number of ether oxygens (including phenoxy) is 1. The lowest BCUT2D eigenvalue weighted by atomic mass is 10.1. The van der Waals surface area contributed by atoms with E-state index in [4.69, 9.17) is 4.74 Å². The van der Waals surface area contributed by atoms with Gasteiger partial charge < -0.3 is 4.74 Å². The first-order valence-electron chi connectivity index (χ1n) is 6.35. The summed E-state index contributed by atoms with van der Waals surface area (Å²) in [6.45, 7) is 0. The van der Waals surface area contributed by atoms with Crippen LogP contribution in [0.3, 0.4) is 0 Å². The smallest absolute Gasteiger partial charge is 0.179 e. The summed E-state index contributed by atoms with van der Waals surface area (Å²) in [5, 5.41) is 0.114. The van der Waals surface area contributed by atoms with E-state index in [1.807, 2.05) is 0 Å². The lowest BCUT2D eigenvalue weighted by molar-refractivity contribution is 0.101. The molecule has 1 aromatic rings. The van der Waals surface area contributed by atoms with Gasteiger partial charge in [-0.1, -0.05) is 12.8 Å². The molecule has 1 fully saturated rings. The number of Topliss-reactive ketones (excluding diaryl/α,β-unsaturated/α-hetero) is 1. The highest BCUT2D eigenvalue weighted by Crippen LogP contribution is 2.25. The summed E-state index contributed by atoms with van der Waals surface area (Å²) in [6, 6.07) is 3.80. The SMILES string of the molecule is COc1ccc(F)cc1C(=O)CS(=O)C1CCCC1.